The minimum atomic E-state index is -1.08. The summed E-state index contributed by atoms with van der Waals surface area (Å²) in [7, 11) is 0. The van der Waals surface area contributed by atoms with E-state index in [1.807, 2.05) is 55.5 Å². The maximum absolute atomic E-state index is 14.0. The van der Waals surface area contributed by atoms with Gasteiger partial charge in [-0.2, -0.15) is 0 Å². The molecule has 11 heteroatoms. The van der Waals surface area contributed by atoms with Gasteiger partial charge in [0.15, 0.2) is 0 Å². The van der Waals surface area contributed by atoms with Gasteiger partial charge in [-0.15, -0.1) is 0 Å². The van der Waals surface area contributed by atoms with Gasteiger partial charge in [0.1, 0.15) is 5.60 Å². The highest BCUT2D eigenvalue weighted by Gasteiger charge is 2.37. The van der Waals surface area contributed by atoms with Gasteiger partial charge < -0.3 is 29.2 Å². The number of nitrogens with one attached hydrogen (secondary N) is 1. The van der Waals surface area contributed by atoms with Crippen molar-refractivity contribution >= 4 is 40.6 Å². The van der Waals surface area contributed by atoms with Crippen LogP contribution in [0.3, 0.4) is 0 Å². The summed E-state index contributed by atoms with van der Waals surface area (Å²) in [6, 6.07) is 21.5. The zero-order valence-corrected chi connectivity index (χ0v) is 30.8. The maximum Gasteiger partial charge on any atom is 0.413 e. The zero-order chi connectivity index (χ0) is 37.0. The van der Waals surface area contributed by atoms with Crippen molar-refractivity contribution in [1.82, 2.24) is 10.2 Å². The number of benzene rings is 3. The summed E-state index contributed by atoms with van der Waals surface area (Å²) in [4.78, 5) is 54.4. The van der Waals surface area contributed by atoms with E-state index in [-0.39, 0.29) is 30.9 Å². The molecule has 1 aliphatic rings. The maximum atomic E-state index is 14.0. The normalized spacial score (nSPS) is 15.5. The molecule has 1 saturated heterocycles. The number of hydrogen-bond acceptors (Lipinski definition) is 9. The number of esters is 2. The summed E-state index contributed by atoms with van der Waals surface area (Å²) in [6.07, 6.45) is 0.970. The third-order valence-corrected chi connectivity index (χ3v) is 8.70. The molecule has 3 aromatic carbocycles. The van der Waals surface area contributed by atoms with Crippen LogP contribution in [0.1, 0.15) is 90.8 Å². The molecule has 3 aromatic rings. The molecule has 1 N–H and O–H groups in total. The first-order valence-corrected chi connectivity index (χ1v) is 18.0. The molecular weight excluding hydrogens is 650 g/mol. The van der Waals surface area contributed by atoms with Gasteiger partial charge in [-0.3, -0.25) is 14.5 Å². The number of hydrogen-bond donors (Lipinski definition) is 1. The zero-order valence-electron chi connectivity index (χ0n) is 30.8. The van der Waals surface area contributed by atoms with E-state index >= 15 is 0 Å². The van der Waals surface area contributed by atoms with Gasteiger partial charge in [-0.05, 0) is 87.9 Å². The van der Waals surface area contributed by atoms with E-state index in [2.05, 4.69) is 28.4 Å². The highest BCUT2D eigenvalue weighted by atomic mass is 16.7. The first-order chi connectivity index (χ1) is 24.3. The van der Waals surface area contributed by atoms with Crippen LogP contribution in [0.15, 0.2) is 66.7 Å². The lowest BCUT2D eigenvalue weighted by Gasteiger charge is -2.35. The predicted octanol–water partition coefficient (Wildman–Crippen LogP) is 7.70. The van der Waals surface area contributed by atoms with Crippen molar-refractivity contribution < 1.29 is 38.1 Å². The van der Waals surface area contributed by atoms with E-state index in [0.29, 0.717) is 45.4 Å². The second-order valence-corrected chi connectivity index (χ2v) is 13.9. The first-order valence-electron chi connectivity index (χ1n) is 18.0. The Hall–Kier alpha value is -4.80. The van der Waals surface area contributed by atoms with E-state index in [1.165, 1.54) is 0 Å². The number of nitrogens with zero attached hydrogens (tertiary/aromatic N) is 2. The second-order valence-electron chi connectivity index (χ2n) is 13.9. The van der Waals surface area contributed by atoms with Crippen LogP contribution < -0.4 is 10.2 Å². The van der Waals surface area contributed by atoms with E-state index in [0.717, 1.165) is 34.1 Å². The summed E-state index contributed by atoms with van der Waals surface area (Å²) < 4.78 is 21.6. The summed E-state index contributed by atoms with van der Waals surface area (Å²) in [5, 5.41) is 4.84. The van der Waals surface area contributed by atoms with Gasteiger partial charge in [0, 0.05) is 38.7 Å². The molecule has 4 rings (SSSR count). The Morgan fingerprint density at radius 2 is 1.63 bits per heavy atom. The topological polar surface area (TPSA) is 124 Å². The molecule has 0 bridgehead atoms. The highest BCUT2D eigenvalue weighted by Crippen LogP contribution is 2.34. The molecule has 0 radical (unpaired) electrons. The number of unbranched alkanes of at least 4 members (excludes halogenated alkanes) is 2. The van der Waals surface area contributed by atoms with Crippen molar-refractivity contribution in [2.24, 2.45) is 0 Å². The predicted molar refractivity (Wildman–Crippen MR) is 196 cm³/mol. The molecule has 0 saturated carbocycles. The fourth-order valence-electron chi connectivity index (χ4n) is 6.34. The molecule has 51 heavy (non-hydrogen) atoms. The number of anilines is 1. The number of amides is 2. The van der Waals surface area contributed by atoms with Crippen LogP contribution in [0, 0.1) is 0 Å². The Kier molecular flexibility index (Phi) is 14.1. The van der Waals surface area contributed by atoms with E-state index in [9.17, 15) is 19.2 Å². The lowest BCUT2D eigenvalue weighted by Crippen LogP contribution is -2.45. The lowest BCUT2D eigenvalue weighted by molar-refractivity contribution is -0.166. The van der Waals surface area contributed by atoms with Crippen molar-refractivity contribution in [2.75, 3.05) is 31.1 Å². The van der Waals surface area contributed by atoms with Crippen molar-refractivity contribution in [3.05, 3.63) is 77.9 Å². The van der Waals surface area contributed by atoms with Crippen LogP contribution in [0.25, 0.3) is 10.8 Å². The molecule has 1 aliphatic heterocycles. The SMILES string of the molecule is CCOC(=O)Cc1ccc(N2CC[C@H](N(C(=O)OC(C)OC(=O)CCCCCNC(=O)OC(C)(C)C)[C@H](C)c3cccc4ccccc34)C2)cc1. The Morgan fingerprint density at radius 1 is 0.902 bits per heavy atom. The smallest absolute Gasteiger partial charge is 0.413 e. The van der Waals surface area contributed by atoms with Crippen LogP contribution in [-0.4, -0.2) is 73.2 Å². The number of rotatable bonds is 15. The summed E-state index contributed by atoms with van der Waals surface area (Å²) >= 11 is 0. The van der Waals surface area contributed by atoms with Crippen LogP contribution in [0.4, 0.5) is 15.3 Å². The number of ether oxygens (including phenoxy) is 4. The summed E-state index contributed by atoms with van der Waals surface area (Å²) in [5.74, 6) is -0.713. The Labute approximate surface area is 301 Å². The molecular formula is C40H53N3O8. The average Bonchev–Trinajstić information content (AvgIpc) is 3.55. The van der Waals surface area contributed by atoms with Crippen LogP contribution in [0.5, 0.6) is 0 Å². The number of alkyl carbamates (subject to hydrolysis) is 1. The fraction of sp³-hybridized carbons (Fsp3) is 0.500. The van der Waals surface area contributed by atoms with E-state index in [4.69, 9.17) is 18.9 Å². The van der Waals surface area contributed by atoms with Crippen LogP contribution >= 0.6 is 0 Å². The van der Waals surface area contributed by atoms with Crippen LogP contribution in [0.2, 0.25) is 0 Å². The highest BCUT2D eigenvalue weighted by molar-refractivity contribution is 5.86. The number of fused-ring (bicyclic) bond motifs is 1. The fourth-order valence-corrected chi connectivity index (χ4v) is 6.34. The minimum absolute atomic E-state index is 0.167. The Balaban J connectivity index is 1.37. The molecule has 3 atom stereocenters. The molecule has 0 aliphatic carbocycles. The standard InChI is InChI=1S/C40H53N3O8/c1-7-48-37(45)26-30-19-21-32(22-20-30)42-25-23-33(27-42)43(28(2)34-17-13-15-31-14-10-11-16-35(31)34)39(47)50-29(3)49-36(44)18-9-8-12-24-41-38(46)51-40(4,5)6/h10-11,13-17,19-22,28-29,33H,7-9,12,18,23-27H2,1-6H3,(H,41,46)/t28-,29?,33+/m1/s1. The van der Waals surface area contributed by atoms with Gasteiger partial charge in [0.25, 0.3) is 0 Å². The van der Waals surface area contributed by atoms with Gasteiger partial charge in [0.2, 0.25) is 6.29 Å². The van der Waals surface area contributed by atoms with Gasteiger partial charge in [0.05, 0.1) is 25.1 Å². The Morgan fingerprint density at radius 3 is 2.35 bits per heavy atom. The number of carbonyl (C=O) groups is 4. The third kappa shape index (κ3) is 11.9. The molecule has 11 nitrogen and oxygen atoms in total. The van der Waals surface area contributed by atoms with Crippen molar-refractivity contribution in [3.8, 4) is 0 Å². The van der Waals surface area contributed by atoms with Crippen molar-refractivity contribution in [2.45, 2.75) is 104 Å². The average molecular weight is 704 g/mol. The lowest BCUT2D eigenvalue weighted by atomic mass is 9.97. The second kappa shape index (κ2) is 18.4. The number of carbonyl (C=O) groups excluding carboxylic acids is 4. The molecule has 2 amide bonds. The quantitative estimate of drug-likeness (QED) is 0.0734. The van der Waals surface area contributed by atoms with Crippen LogP contribution in [-0.2, 0) is 35.0 Å². The molecule has 1 heterocycles. The first kappa shape index (κ1) is 39.0. The van der Waals surface area contributed by atoms with E-state index in [1.54, 1.807) is 39.5 Å². The third-order valence-electron chi connectivity index (χ3n) is 8.70. The molecule has 0 aromatic heterocycles. The molecule has 0 spiro atoms. The molecule has 1 unspecified atom stereocenters. The summed E-state index contributed by atoms with van der Waals surface area (Å²) in [5.41, 5.74) is 2.32. The Bertz CT molecular complexity index is 1610. The van der Waals surface area contributed by atoms with Crippen molar-refractivity contribution in [1.29, 1.82) is 0 Å². The summed E-state index contributed by atoms with van der Waals surface area (Å²) in [6.45, 7) is 12.9. The monoisotopic (exact) mass is 703 g/mol. The van der Waals surface area contributed by atoms with Crippen molar-refractivity contribution in [3.63, 3.8) is 0 Å². The largest absolute Gasteiger partial charge is 0.466 e. The molecule has 276 valence electrons. The van der Waals surface area contributed by atoms with E-state index < -0.39 is 30.0 Å². The minimum Gasteiger partial charge on any atom is -0.466 e. The molecule has 1 fully saturated rings. The van der Waals surface area contributed by atoms with Gasteiger partial charge in [-0.25, -0.2) is 9.59 Å². The van der Waals surface area contributed by atoms with Gasteiger partial charge >= 0.3 is 24.1 Å². The van der Waals surface area contributed by atoms with Gasteiger partial charge in [-0.1, -0.05) is 61.0 Å².